The highest BCUT2D eigenvalue weighted by Gasteiger charge is 2.29. The maximum Gasteiger partial charge on any atom is 0.220 e. The first-order valence-electron chi connectivity index (χ1n) is 8.55. The second kappa shape index (κ2) is 10.2. The van der Waals surface area contributed by atoms with Crippen LogP contribution in [0, 0.1) is 5.82 Å². The molecule has 1 aromatic carbocycles. The SMILES string of the molecule is CN=C(NCc1ccccc1F)N1CCN(S(=O)(=O)Cc2ccon2)CC1.I. The number of hydrogen-bond acceptors (Lipinski definition) is 5. The summed E-state index contributed by atoms with van der Waals surface area (Å²) in [7, 11) is -1.80. The molecule has 0 atom stereocenters. The van der Waals surface area contributed by atoms with Gasteiger partial charge < -0.3 is 14.7 Å². The molecule has 1 saturated heterocycles. The Morgan fingerprint density at radius 2 is 1.96 bits per heavy atom. The van der Waals surface area contributed by atoms with Gasteiger partial charge in [-0.05, 0) is 6.07 Å². The highest BCUT2D eigenvalue weighted by atomic mass is 127. The van der Waals surface area contributed by atoms with Gasteiger partial charge in [-0.15, -0.1) is 24.0 Å². The lowest BCUT2D eigenvalue weighted by atomic mass is 10.2. The van der Waals surface area contributed by atoms with Crippen LogP contribution in [0.1, 0.15) is 11.3 Å². The van der Waals surface area contributed by atoms with Crippen molar-refractivity contribution in [2.45, 2.75) is 12.3 Å². The Bertz CT molecular complexity index is 884. The van der Waals surface area contributed by atoms with Crippen molar-refractivity contribution in [3.8, 4) is 0 Å². The molecule has 0 aliphatic carbocycles. The molecule has 2 heterocycles. The van der Waals surface area contributed by atoms with Gasteiger partial charge in [0.1, 0.15) is 17.8 Å². The molecule has 1 fully saturated rings. The van der Waals surface area contributed by atoms with E-state index in [1.54, 1.807) is 31.3 Å². The molecule has 0 spiro atoms. The molecule has 1 aliphatic heterocycles. The summed E-state index contributed by atoms with van der Waals surface area (Å²) in [6, 6.07) is 8.10. The van der Waals surface area contributed by atoms with Crippen molar-refractivity contribution < 1.29 is 17.3 Å². The van der Waals surface area contributed by atoms with Crippen LogP contribution in [0.25, 0.3) is 0 Å². The third-order valence-corrected chi connectivity index (χ3v) is 6.17. The van der Waals surface area contributed by atoms with Gasteiger partial charge in [0.25, 0.3) is 0 Å². The Morgan fingerprint density at radius 3 is 2.57 bits per heavy atom. The van der Waals surface area contributed by atoms with E-state index in [4.69, 9.17) is 4.52 Å². The van der Waals surface area contributed by atoms with Gasteiger partial charge in [-0.1, -0.05) is 23.4 Å². The van der Waals surface area contributed by atoms with Crippen LogP contribution in [-0.2, 0) is 22.3 Å². The van der Waals surface area contributed by atoms with Gasteiger partial charge in [0, 0.05) is 51.4 Å². The molecule has 0 bridgehead atoms. The second-order valence-corrected chi connectivity index (χ2v) is 8.09. The van der Waals surface area contributed by atoms with Crippen LogP contribution in [-0.4, -0.2) is 62.0 Å². The molecule has 1 aromatic heterocycles. The first kappa shape index (κ1) is 22.6. The van der Waals surface area contributed by atoms with E-state index in [-0.39, 0.29) is 35.5 Å². The van der Waals surface area contributed by atoms with Gasteiger partial charge in [0.15, 0.2) is 5.96 Å². The Morgan fingerprint density at radius 1 is 1.25 bits per heavy atom. The van der Waals surface area contributed by atoms with Gasteiger partial charge in [0.2, 0.25) is 10.0 Å². The number of guanidine groups is 1. The number of piperazine rings is 1. The summed E-state index contributed by atoms with van der Waals surface area (Å²) in [6.07, 6.45) is 1.36. The van der Waals surface area contributed by atoms with Crippen LogP contribution >= 0.6 is 24.0 Å². The van der Waals surface area contributed by atoms with E-state index in [0.29, 0.717) is 49.9 Å². The smallest absolute Gasteiger partial charge is 0.220 e. The van der Waals surface area contributed by atoms with Crippen LogP contribution in [0.4, 0.5) is 4.39 Å². The Labute approximate surface area is 180 Å². The minimum atomic E-state index is -3.45. The summed E-state index contributed by atoms with van der Waals surface area (Å²) < 4.78 is 44.9. The molecule has 1 aliphatic rings. The topological polar surface area (TPSA) is 91.0 Å². The Hall–Kier alpha value is -1.73. The van der Waals surface area contributed by atoms with E-state index in [1.807, 2.05) is 4.90 Å². The summed E-state index contributed by atoms with van der Waals surface area (Å²) >= 11 is 0. The molecule has 11 heteroatoms. The highest BCUT2D eigenvalue weighted by Crippen LogP contribution is 2.13. The largest absolute Gasteiger partial charge is 0.364 e. The fraction of sp³-hybridized carbons (Fsp3) is 0.412. The normalized spacial score (nSPS) is 15.9. The Kier molecular flexibility index (Phi) is 8.19. The number of rotatable bonds is 5. The zero-order valence-electron chi connectivity index (χ0n) is 15.4. The first-order chi connectivity index (χ1) is 13.0. The van der Waals surface area contributed by atoms with Crippen molar-refractivity contribution in [3.63, 3.8) is 0 Å². The van der Waals surface area contributed by atoms with Crippen molar-refractivity contribution in [3.05, 3.63) is 53.7 Å². The lowest BCUT2D eigenvalue weighted by Gasteiger charge is -2.35. The monoisotopic (exact) mass is 523 g/mol. The number of nitrogens with zero attached hydrogens (tertiary/aromatic N) is 4. The van der Waals surface area contributed by atoms with Crippen molar-refractivity contribution in [1.29, 1.82) is 0 Å². The average Bonchev–Trinajstić information content (AvgIpc) is 3.16. The lowest BCUT2D eigenvalue weighted by molar-refractivity contribution is 0.259. The number of hydrogen-bond donors (Lipinski definition) is 1. The predicted octanol–water partition coefficient (Wildman–Crippen LogP) is 1.65. The third kappa shape index (κ3) is 5.64. The standard InChI is InChI=1S/C17H22FN5O3S.HI/c1-19-17(20-12-14-4-2-3-5-16(14)18)22-7-9-23(10-8-22)27(24,25)13-15-6-11-26-21-15;/h2-6,11H,7-10,12-13H2,1H3,(H,19,20);1H. The molecule has 8 nitrogen and oxygen atoms in total. The second-order valence-electron chi connectivity index (χ2n) is 6.13. The maximum absolute atomic E-state index is 13.7. The van der Waals surface area contributed by atoms with Crippen LogP contribution in [0.5, 0.6) is 0 Å². The van der Waals surface area contributed by atoms with Gasteiger partial charge >= 0.3 is 0 Å². The van der Waals surface area contributed by atoms with Crippen molar-refractivity contribution in [2.75, 3.05) is 33.2 Å². The molecule has 154 valence electrons. The number of sulfonamides is 1. The summed E-state index contributed by atoms with van der Waals surface area (Å²) in [4.78, 5) is 6.18. The van der Waals surface area contributed by atoms with E-state index >= 15 is 0 Å². The van der Waals surface area contributed by atoms with E-state index in [2.05, 4.69) is 15.5 Å². The van der Waals surface area contributed by atoms with Crippen LogP contribution in [0.3, 0.4) is 0 Å². The Balaban J connectivity index is 0.00000280. The lowest BCUT2D eigenvalue weighted by Crippen LogP contribution is -2.53. The van der Waals surface area contributed by atoms with E-state index in [1.165, 1.54) is 16.6 Å². The van der Waals surface area contributed by atoms with Crippen LogP contribution < -0.4 is 5.32 Å². The molecule has 3 rings (SSSR count). The number of benzene rings is 1. The summed E-state index contributed by atoms with van der Waals surface area (Å²) in [5.74, 6) is 0.167. The molecular weight excluding hydrogens is 500 g/mol. The fourth-order valence-corrected chi connectivity index (χ4v) is 4.34. The van der Waals surface area contributed by atoms with E-state index in [9.17, 15) is 12.8 Å². The number of aliphatic imine (C=N–C) groups is 1. The summed E-state index contributed by atoms with van der Waals surface area (Å²) in [6.45, 7) is 2.00. The minimum absolute atomic E-state index is 0. The molecule has 2 aromatic rings. The maximum atomic E-state index is 13.7. The van der Waals surface area contributed by atoms with E-state index in [0.717, 1.165) is 0 Å². The fourth-order valence-electron chi connectivity index (χ4n) is 2.92. The molecular formula is C17H23FIN5O3S. The van der Waals surface area contributed by atoms with Gasteiger partial charge in [-0.25, -0.2) is 12.8 Å². The zero-order chi connectivity index (χ0) is 19.3. The average molecular weight is 523 g/mol. The number of aromatic nitrogens is 1. The van der Waals surface area contributed by atoms with Gasteiger partial charge in [-0.3, -0.25) is 4.99 Å². The van der Waals surface area contributed by atoms with Gasteiger partial charge in [-0.2, -0.15) is 4.31 Å². The third-order valence-electron chi connectivity index (χ3n) is 4.36. The molecule has 28 heavy (non-hydrogen) atoms. The van der Waals surface area contributed by atoms with Crippen molar-refractivity contribution in [2.24, 2.45) is 4.99 Å². The van der Waals surface area contributed by atoms with E-state index < -0.39 is 10.0 Å². The molecule has 0 saturated carbocycles. The quantitative estimate of drug-likeness (QED) is 0.364. The van der Waals surface area contributed by atoms with Crippen molar-refractivity contribution in [1.82, 2.24) is 19.7 Å². The highest BCUT2D eigenvalue weighted by molar-refractivity contribution is 14.0. The summed E-state index contributed by atoms with van der Waals surface area (Å²) in [5.41, 5.74) is 0.937. The number of halogens is 2. The van der Waals surface area contributed by atoms with Crippen LogP contribution in [0.15, 0.2) is 46.1 Å². The molecule has 1 N–H and O–H groups in total. The molecule has 0 radical (unpaired) electrons. The first-order valence-corrected chi connectivity index (χ1v) is 10.2. The van der Waals surface area contributed by atoms with Crippen molar-refractivity contribution >= 4 is 40.0 Å². The van der Waals surface area contributed by atoms with Crippen LogP contribution in [0.2, 0.25) is 0 Å². The zero-order valence-corrected chi connectivity index (χ0v) is 18.6. The predicted molar refractivity (Wildman–Crippen MR) is 114 cm³/mol. The molecule has 0 unspecified atom stereocenters. The van der Waals surface area contributed by atoms with Gasteiger partial charge in [0.05, 0.1) is 5.69 Å². The molecule has 0 amide bonds. The summed E-state index contributed by atoms with van der Waals surface area (Å²) in [5, 5.41) is 6.79. The number of nitrogens with one attached hydrogen (secondary N) is 1. The minimum Gasteiger partial charge on any atom is -0.364 e.